The highest BCUT2D eigenvalue weighted by atomic mass is 32.2. The molecule has 1 fully saturated rings. The van der Waals surface area contributed by atoms with Gasteiger partial charge in [-0.05, 0) is 68.3 Å². The molecule has 0 bridgehead atoms. The number of benzene rings is 2. The van der Waals surface area contributed by atoms with Gasteiger partial charge in [-0.2, -0.15) is 0 Å². The van der Waals surface area contributed by atoms with E-state index in [1.54, 1.807) is 45.2 Å². The molecule has 1 aliphatic heterocycles. The standard InChI is InChI=1S/C20H26N2O4S/c1-14-11-19(25-4)12-15(2)20(14)27(23,24)21-17-5-7-18(8-6-17)22-9-10-26-16(3)13-22/h5-8,11-12,16,21H,9-10,13H2,1-4H3. The average molecular weight is 391 g/mol. The van der Waals surface area contributed by atoms with Crippen molar-refractivity contribution in [1.29, 1.82) is 0 Å². The Bertz CT molecular complexity index is 887. The first kappa shape index (κ1) is 19.5. The Morgan fingerprint density at radius 2 is 1.78 bits per heavy atom. The number of rotatable bonds is 5. The third-order valence-electron chi connectivity index (χ3n) is 4.66. The SMILES string of the molecule is COc1cc(C)c(S(=O)(=O)Nc2ccc(N3CCOC(C)C3)cc2)c(C)c1. The highest BCUT2D eigenvalue weighted by molar-refractivity contribution is 7.92. The molecule has 1 aliphatic rings. The van der Waals surface area contributed by atoms with Crippen molar-refractivity contribution in [3.63, 3.8) is 0 Å². The van der Waals surface area contributed by atoms with Gasteiger partial charge in [0.25, 0.3) is 10.0 Å². The Balaban J connectivity index is 1.80. The lowest BCUT2D eigenvalue weighted by Crippen LogP contribution is -2.41. The molecule has 1 N–H and O–H groups in total. The Hall–Kier alpha value is -2.25. The molecule has 0 aromatic heterocycles. The first-order valence-corrected chi connectivity index (χ1v) is 10.4. The summed E-state index contributed by atoms with van der Waals surface area (Å²) in [4.78, 5) is 2.53. The summed E-state index contributed by atoms with van der Waals surface area (Å²) in [5.74, 6) is 0.646. The molecule has 7 heteroatoms. The number of aryl methyl sites for hydroxylation is 2. The fourth-order valence-electron chi connectivity index (χ4n) is 3.45. The number of hydrogen-bond donors (Lipinski definition) is 1. The molecule has 1 heterocycles. The van der Waals surface area contributed by atoms with Crippen LogP contribution in [0.1, 0.15) is 18.1 Å². The second-order valence-electron chi connectivity index (χ2n) is 6.87. The molecule has 146 valence electrons. The zero-order valence-corrected chi connectivity index (χ0v) is 17.0. The van der Waals surface area contributed by atoms with Crippen molar-refractivity contribution in [3.05, 3.63) is 47.5 Å². The summed E-state index contributed by atoms with van der Waals surface area (Å²) in [6, 6.07) is 10.9. The van der Waals surface area contributed by atoms with Crippen molar-refractivity contribution in [1.82, 2.24) is 0 Å². The summed E-state index contributed by atoms with van der Waals surface area (Å²) >= 11 is 0. The van der Waals surface area contributed by atoms with Crippen molar-refractivity contribution in [2.75, 3.05) is 36.4 Å². The van der Waals surface area contributed by atoms with Gasteiger partial charge in [0.15, 0.2) is 0 Å². The molecule has 2 aromatic carbocycles. The molecule has 0 saturated carbocycles. The zero-order valence-electron chi connectivity index (χ0n) is 16.2. The Labute approximate surface area is 161 Å². The average Bonchev–Trinajstić information content (AvgIpc) is 2.61. The van der Waals surface area contributed by atoms with Crippen LogP contribution in [0.2, 0.25) is 0 Å². The van der Waals surface area contributed by atoms with E-state index in [-0.39, 0.29) is 11.0 Å². The topological polar surface area (TPSA) is 67.9 Å². The Kier molecular flexibility index (Phi) is 5.62. The molecule has 0 radical (unpaired) electrons. The minimum absolute atomic E-state index is 0.193. The van der Waals surface area contributed by atoms with E-state index < -0.39 is 10.0 Å². The number of hydrogen-bond acceptors (Lipinski definition) is 5. The van der Waals surface area contributed by atoms with Gasteiger partial charge in [-0.1, -0.05) is 0 Å². The number of nitrogens with one attached hydrogen (secondary N) is 1. The number of morpholine rings is 1. The van der Waals surface area contributed by atoms with E-state index in [1.807, 2.05) is 19.1 Å². The predicted molar refractivity (Wildman–Crippen MR) is 107 cm³/mol. The van der Waals surface area contributed by atoms with Gasteiger partial charge in [0, 0.05) is 24.5 Å². The van der Waals surface area contributed by atoms with E-state index in [4.69, 9.17) is 9.47 Å². The molecular formula is C20H26N2O4S. The van der Waals surface area contributed by atoms with E-state index >= 15 is 0 Å². The lowest BCUT2D eigenvalue weighted by atomic mass is 10.1. The van der Waals surface area contributed by atoms with Crippen molar-refractivity contribution in [2.24, 2.45) is 0 Å². The van der Waals surface area contributed by atoms with Crippen molar-refractivity contribution in [3.8, 4) is 5.75 Å². The minimum atomic E-state index is -3.69. The molecule has 1 saturated heterocycles. The van der Waals surface area contributed by atoms with Crippen molar-refractivity contribution < 1.29 is 17.9 Å². The van der Waals surface area contributed by atoms with Crippen LogP contribution in [0.5, 0.6) is 5.75 Å². The number of ether oxygens (including phenoxy) is 2. The maximum Gasteiger partial charge on any atom is 0.262 e. The summed E-state index contributed by atoms with van der Waals surface area (Å²) in [6.45, 7) is 7.95. The van der Waals surface area contributed by atoms with Crippen LogP contribution in [0.4, 0.5) is 11.4 Å². The molecule has 0 amide bonds. The summed E-state index contributed by atoms with van der Waals surface area (Å²) in [6.07, 6.45) is 0.193. The van der Waals surface area contributed by atoms with Crippen molar-refractivity contribution in [2.45, 2.75) is 31.8 Å². The molecular weight excluding hydrogens is 364 g/mol. The maximum absolute atomic E-state index is 12.9. The van der Waals surface area contributed by atoms with E-state index in [1.165, 1.54) is 0 Å². The second-order valence-corrected chi connectivity index (χ2v) is 8.49. The van der Waals surface area contributed by atoms with Crippen LogP contribution in [0.3, 0.4) is 0 Å². The zero-order chi connectivity index (χ0) is 19.6. The highest BCUT2D eigenvalue weighted by Gasteiger charge is 2.21. The third-order valence-corrected chi connectivity index (χ3v) is 6.35. The first-order chi connectivity index (χ1) is 12.8. The summed E-state index contributed by atoms with van der Waals surface area (Å²) in [5.41, 5.74) is 2.90. The third kappa shape index (κ3) is 4.36. The quantitative estimate of drug-likeness (QED) is 0.848. The molecule has 27 heavy (non-hydrogen) atoms. The lowest BCUT2D eigenvalue weighted by molar-refractivity contribution is 0.0532. The van der Waals surface area contributed by atoms with Gasteiger partial charge in [0.2, 0.25) is 0 Å². The van der Waals surface area contributed by atoms with Crippen LogP contribution in [-0.2, 0) is 14.8 Å². The lowest BCUT2D eigenvalue weighted by Gasteiger charge is -2.33. The van der Waals surface area contributed by atoms with Crippen LogP contribution < -0.4 is 14.4 Å². The highest BCUT2D eigenvalue weighted by Crippen LogP contribution is 2.28. The maximum atomic E-state index is 12.9. The Morgan fingerprint density at radius 1 is 1.15 bits per heavy atom. The summed E-state index contributed by atoms with van der Waals surface area (Å²) < 4.78 is 39.2. The first-order valence-electron chi connectivity index (χ1n) is 8.95. The van der Waals surface area contributed by atoms with E-state index in [9.17, 15) is 8.42 Å². The van der Waals surface area contributed by atoms with Gasteiger partial charge in [0.1, 0.15) is 5.75 Å². The smallest absolute Gasteiger partial charge is 0.262 e. The van der Waals surface area contributed by atoms with Crippen LogP contribution in [0, 0.1) is 13.8 Å². The van der Waals surface area contributed by atoms with Crippen LogP contribution in [0.25, 0.3) is 0 Å². The van der Waals surface area contributed by atoms with Gasteiger partial charge in [-0.15, -0.1) is 0 Å². The molecule has 1 atom stereocenters. The van der Waals surface area contributed by atoms with E-state index in [2.05, 4.69) is 9.62 Å². The fourth-order valence-corrected chi connectivity index (χ4v) is 4.97. The molecule has 2 aromatic rings. The Morgan fingerprint density at radius 3 is 2.33 bits per heavy atom. The molecule has 0 spiro atoms. The van der Waals surface area contributed by atoms with Crippen LogP contribution in [0.15, 0.2) is 41.3 Å². The number of nitrogens with zero attached hydrogens (tertiary/aromatic N) is 1. The number of sulfonamides is 1. The van der Waals surface area contributed by atoms with Crippen LogP contribution in [-0.4, -0.2) is 41.3 Å². The normalized spacial score (nSPS) is 17.6. The molecule has 6 nitrogen and oxygen atoms in total. The largest absolute Gasteiger partial charge is 0.497 e. The fraction of sp³-hybridized carbons (Fsp3) is 0.400. The minimum Gasteiger partial charge on any atom is -0.497 e. The summed E-state index contributed by atoms with van der Waals surface area (Å²) in [5, 5.41) is 0. The molecule has 0 aliphatic carbocycles. The van der Waals surface area contributed by atoms with Crippen LogP contribution >= 0.6 is 0 Å². The van der Waals surface area contributed by atoms with Gasteiger partial charge in [-0.3, -0.25) is 4.72 Å². The molecule has 1 unspecified atom stereocenters. The summed E-state index contributed by atoms with van der Waals surface area (Å²) in [7, 11) is -2.12. The van der Waals surface area contributed by atoms with Gasteiger partial charge < -0.3 is 14.4 Å². The molecule has 3 rings (SSSR count). The second kappa shape index (κ2) is 7.78. The predicted octanol–water partition coefficient (Wildman–Crippen LogP) is 3.34. The van der Waals surface area contributed by atoms with E-state index in [0.29, 0.717) is 29.2 Å². The van der Waals surface area contributed by atoms with Gasteiger partial charge in [0.05, 0.1) is 24.7 Å². The monoisotopic (exact) mass is 390 g/mol. The van der Waals surface area contributed by atoms with Gasteiger partial charge in [-0.25, -0.2) is 8.42 Å². The number of methoxy groups -OCH3 is 1. The van der Waals surface area contributed by atoms with Crippen molar-refractivity contribution >= 4 is 21.4 Å². The van der Waals surface area contributed by atoms with Gasteiger partial charge >= 0.3 is 0 Å². The van der Waals surface area contributed by atoms with E-state index in [0.717, 1.165) is 18.8 Å². The number of anilines is 2.